The molecule has 3 N–H and O–H groups in total. The maximum Gasteiger partial charge on any atom is 0.202 e. The number of nitrogens with one attached hydrogen (secondary N) is 3. The van der Waals surface area contributed by atoms with E-state index < -0.39 is 0 Å². The highest BCUT2D eigenvalue weighted by Crippen LogP contribution is 2.30. The van der Waals surface area contributed by atoms with Crippen LogP contribution in [-0.2, 0) is 11.3 Å². The molecule has 1 atom stereocenters. The lowest BCUT2D eigenvalue weighted by molar-refractivity contribution is 0.0664. The summed E-state index contributed by atoms with van der Waals surface area (Å²) in [6, 6.07) is 10.1. The third-order valence-corrected chi connectivity index (χ3v) is 6.22. The molecule has 158 valence electrons. The Balaban J connectivity index is 1.29. The number of hydrogen-bond acceptors (Lipinski definition) is 9. The maximum absolute atomic E-state index is 5.52. The van der Waals surface area contributed by atoms with Crippen molar-refractivity contribution in [3.05, 3.63) is 58.4 Å². The number of guanidine groups is 1. The minimum atomic E-state index is -0.202. The molecule has 3 aromatic rings. The van der Waals surface area contributed by atoms with E-state index in [1.165, 1.54) is 0 Å². The molecule has 0 aliphatic carbocycles. The molecule has 1 unspecified atom stereocenters. The second-order valence-corrected chi connectivity index (χ2v) is 8.28. The molecule has 1 fully saturated rings. The zero-order valence-electron chi connectivity index (χ0n) is 16.8. The van der Waals surface area contributed by atoms with Crippen molar-refractivity contribution in [1.82, 2.24) is 25.5 Å². The zero-order valence-corrected chi connectivity index (χ0v) is 17.6. The van der Waals surface area contributed by atoms with Gasteiger partial charge in [0, 0.05) is 18.5 Å². The third kappa shape index (κ3) is 3.43. The number of aromatic amines is 1. The van der Waals surface area contributed by atoms with E-state index in [4.69, 9.17) is 14.7 Å². The summed E-state index contributed by atoms with van der Waals surface area (Å²) in [7, 11) is 0. The summed E-state index contributed by atoms with van der Waals surface area (Å²) in [6.45, 7) is 3.58. The van der Waals surface area contributed by atoms with Crippen molar-refractivity contribution >= 4 is 40.4 Å². The van der Waals surface area contributed by atoms with Gasteiger partial charge in [0.15, 0.2) is 6.17 Å². The molecule has 0 spiro atoms. The summed E-state index contributed by atoms with van der Waals surface area (Å²) in [5, 5.41) is 11.2. The third-order valence-electron chi connectivity index (χ3n) is 5.55. The van der Waals surface area contributed by atoms with Crippen LogP contribution in [0.2, 0.25) is 0 Å². The topological polar surface area (TPSA) is 93.2 Å². The fourth-order valence-electron chi connectivity index (χ4n) is 3.97. The summed E-state index contributed by atoms with van der Waals surface area (Å²) >= 11 is 1.67. The van der Waals surface area contributed by atoms with Gasteiger partial charge in [0.2, 0.25) is 5.96 Å². The van der Waals surface area contributed by atoms with Crippen LogP contribution in [0.4, 0.5) is 5.69 Å². The Morgan fingerprint density at radius 3 is 2.94 bits per heavy atom. The largest absolute Gasteiger partial charge is 0.378 e. The van der Waals surface area contributed by atoms with E-state index in [0.29, 0.717) is 19.8 Å². The van der Waals surface area contributed by atoms with Crippen molar-refractivity contribution < 1.29 is 4.74 Å². The van der Waals surface area contributed by atoms with E-state index >= 15 is 0 Å². The lowest BCUT2D eigenvalue weighted by Crippen LogP contribution is -2.52. The van der Waals surface area contributed by atoms with Gasteiger partial charge in [-0.15, -0.1) is 0 Å². The van der Waals surface area contributed by atoms with Gasteiger partial charge >= 0.3 is 0 Å². The minimum absolute atomic E-state index is 0.202. The predicted molar refractivity (Wildman–Crippen MR) is 122 cm³/mol. The summed E-state index contributed by atoms with van der Waals surface area (Å²) in [5.74, 6) is 2.57. The van der Waals surface area contributed by atoms with Gasteiger partial charge in [-0.05, 0) is 23.6 Å². The lowest BCUT2D eigenvalue weighted by atomic mass is 10.2. The Labute approximate surface area is 183 Å². The molecule has 0 bridgehead atoms. The summed E-state index contributed by atoms with van der Waals surface area (Å²) in [6.07, 6.45) is 1.66. The Morgan fingerprint density at radius 1 is 1.19 bits per heavy atom. The van der Waals surface area contributed by atoms with Crippen molar-refractivity contribution in [1.29, 1.82) is 0 Å². The number of rotatable bonds is 4. The fraction of sp³-hybridized carbons (Fsp3) is 0.286. The number of para-hydroxylation sites is 2. The molecule has 2 aromatic heterocycles. The quantitative estimate of drug-likeness (QED) is 0.582. The van der Waals surface area contributed by atoms with Gasteiger partial charge in [0.05, 0.1) is 42.8 Å². The molecular formula is C21H22N8OS. The highest BCUT2D eigenvalue weighted by Gasteiger charge is 2.35. The first-order chi connectivity index (χ1) is 15.3. The number of fused-ring (bicyclic) bond motifs is 2. The van der Waals surface area contributed by atoms with Crippen molar-refractivity contribution in [2.24, 2.45) is 9.98 Å². The highest BCUT2D eigenvalue weighted by molar-refractivity contribution is 7.08. The van der Waals surface area contributed by atoms with Crippen molar-refractivity contribution in [3.8, 4) is 0 Å². The van der Waals surface area contributed by atoms with Crippen molar-refractivity contribution in [3.63, 3.8) is 0 Å². The molecule has 1 saturated heterocycles. The number of nitrogens with zero attached hydrogens (tertiary/aromatic N) is 5. The second-order valence-electron chi connectivity index (χ2n) is 7.50. The van der Waals surface area contributed by atoms with Crippen LogP contribution in [0.5, 0.6) is 0 Å². The number of H-pyrrole nitrogens is 1. The molecule has 10 heteroatoms. The van der Waals surface area contributed by atoms with Crippen LogP contribution in [-0.4, -0.2) is 59.6 Å². The maximum atomic E-state index is 5.52. The molecule has 3 aliphatic heterocycles. The molecule has 6 rings (SSSR count). The fourth-order valence-corrected chi connectivity index (χ4v) is 4.61. The van der Waals surface area contributed by atoms with E-state index in [1.54, 1.807) is 11.3 Å². The average molecular weight is 435 g/mol. The molecule has 31 heavy (non-hydrogen) atoms. The Hall–Kier alpha value is -3.37. The second kappa shape index (κ2) is 7.71. The van der Waals surface area contributed by atoms with E-state index in [2.05, 4.69) is 47.2 Å². The van der Waals surface area contributed by atoms with Crippen molar-refractivity contribution in [2.75, 3.05) is 31.2 Å². The van der Waals surface area contributed by atoms with Crippen LogP contribution in [0.3, 0.4) is 0 Å². The molecule has 3 aliphatic rings. The molecule has 9 nitrogen and oxygen atoms in total. The lowest BCUT2D eigenvalue weighted by Gasteiger charge is -2.35. The number of thiophene rings is 1. The summed E-state index contributed by atoms with van der Waals surface area (Å²) in [4.78, 5) is 22.1. The van der Waals surface area contributed by atoms with Gasteiger partial charge in [-0.1, -0.05) is 12.1 Å². The molecule has 0 saturated carbocycles. The normalized spacial score (nSPS) is 20.8. The Kier molecular flexibility index (Phi) is 4.58. The van der Waals surface area contributed by atoms with E-state index in [-0.39, 0.29) is 6.17 Å². The predicted octanol–water partition coefficient (Wildman–Crippen LogP) is 2.05. The number of ether oxygens (including phenoxy) is 1. The van der Waals surface area contributed by atoms with Crippen LogP contribution in [0.25, 0.3) is 11.0 Å². The van der Waals surface area contributed by atoms with Gasteiger partial charge in [0.1, 0.15) is 17.3 Å². The molecule has 0 amide bonds. The molecule has 1 aromatic carbocycles. The molecule has 0 radical (unpaired) electrons. The average Bonchev–Trinajstić information content (AvgIpc) is 3.56. The summed E-state index contributed by atoms with van der Waals surface area (Å²) < 4.78 is 5.52. The zero-order chi connectivity index (χ0) is 20.6. The van der Waals surface area contributed by atoms with E-state index in [9.17, 15) is 0 Å². The molecule has 5 heterocycles. The monoisotopic (exact) mass is 434 g/mol. The number of aromatic nitrogens is 2. The number of imidazole rings is 1. The van der Waals surface area contributed by atoms with Crippen LogP contribution in [0.1, 0.15) is 5.82 Å². The van der Waals surface area contributed by atoms with Gasteiger partial charge in [0.25, 0.3) is 0 Å². The first kappa shape index (κ1) is 18.4. The minimum Gasteiger partial charge on any atom is -0.378 e. The number of aliphatic imine (C=N–C) groups is 2. The SMILES string of the molecule is C1=NC2=C(NCc3nc4ccccc4[nH]3)NC(N3CCOCC3)=NC2N1c1ccsc1. The van der Waals surface area contributed by atoms with E-state index in [1.807, 2.05) is 30.6 Å². The van der Waals surface area contributed by atoms with Gasteiger partial charge in [-0.3, -0.25) is 0 Å². The van der Waals surface area contributed by atoms with Gasteiger partial charge in [-0.25, -0.2) is 15.0 Å². The number of hydrogen-bond donors (Lipinski definition) is 3. The number of anilines is 1. The van der Waals surface area contributed by atoms with Crippen LogP contribution in [0.15, 0.2) is 62.6 Å². The Morgan fingerprint density at radius 2 is 2.10 bits per heavy atom. The van der Waals surface area contributed by atoms with Gasteiger partial charge in [-0.2, -0.15) is 11.3 Å². The highest BCUT2D eigenvalue weighted by atomic mass is 32.1. The first-order valence-electron chi connectivity index (χ1n) is 10.3. The smallest absolute Gasteiger partial charge is 0.202 e. The molecular weight excluding hydrogens is 412 g/mol. The van der Waals surface area contributed by atoms with Gasteiger partial charge < -0.3 is 30.2 Å². The summed E-state index contributed by atoms with van der Waals surface area (Å²) in [5.41, 5.74) is 3.96. The Bertz CT molecular complexity index is 1140. The van der Waals surface area contributed by atoms with Crippen LogP contribution < -0.4 is 15.5 Å². The number of benzene rings is 1. The first-order valence-corrected chi connectivity index (χ1v) is 11.2. The van der Waals surface area contributed by atoms with Crippen LogP contribution >= 0.6 is 11.3 Å². The number of morpholine rings is 1. The van der Waals surface area contributed by atoms with Crippen LogP contribution in [0, 0.1) is 0 Å². The van der Waals surface area contributed by atoms with E-state index in [0.717, 1.165) is 53.1 Å². The van der Waals surface area contributed by atoms with Crippen molar-refractivity contribution in [2.45, 2.75) is 12.7 Å². The standard InChI is InChI=1S/C21H22N8OS/c1-2-4-16-15(3-1)24-17(25-16)11-22-19-18-20(29(13-23-18)14-5-10-31-12-14)27-21(26-19)28-6-8-30-9-7-28/h1-5,10,12-13,20,22H,6-9,11H2,(H,24,25)(H,26,27).